The van der Waals surface area contributed by atoms with Crippen LogP contribution in [0.1, 0.15) is 53.4 Å². The van der Waals surface area contributed by atoms with E-state index in [0.29, 0.717) is 52.8 Å². The highest BCUT2D eigenvalue weighted by Gasteiger charge is 2.59. The van der Waals surface area contributed by atoms with E-state index in [2.05, 4.69) is 47.3 Å². The highest BCUT2D eigenvalue weighted by molar-refractivity contribution is 9.10. The van der Waals surface area contributed by atoms with Crippen LogP contribution < -0.4 is 11.1 Å². The summed E-state index contributed by atoms with van der Waals surface area (Å²) >= 11 is 3.38. The van der Waals surface area contributed by atoms with Gasteiger partial charge in [-0.25, -0.2) is 4.98 Å². The molecule has 0 spiro atoms. The third-order valence-electron chi connectivity index (χ3n) is 10.1. The van der Waals surface area contributed by atoms with Gasteiger partial charge in [0.15, 0.2) is 5.78 Å². The van der Waals surface area contributed by atoms with Crippen LogP contribution in [0.5, 0.6) is 0 Å². The van der Waals surface area contributed by atoms with Gasteiger partial charge in [0.1, 0.15) is 34.7 Å². The van der Waals surface area contributed by atoms with Crippen molar-refractivity contribution in [3.8, 4) is 0 Å². The molecule has 3 aliphatic rings. The van der Waals surface area contributed by atoms with Crippen LogP contribution in [0.15, 0.2) is 52.2 Å². The first-order valence-electron chi connectivity index (χ1n) is 16.5. The number of likely N-dealkylation sites (tertiary alicyclic amines) is 2. The van der Waals surface area contributed by atoms with Crippen molar-refractivity contribution in [2.75, 3.05) is 32.6 Å². The van der Waals surface area contributed by atoms with E-state index in [0.717, 1.165) is 23.1 Å². The molecule has 6 rings (SSSR count). The number of allylic oxidation sites excluding steroid dienone is 1. The molecule has 50 heavy (non-hydrogen) atoms. The molecular weight excluding hydrogens is 704 g/mol. The summed E-state index contributed by atoms with van der Waals surface area (Å²) in [5.41, 5.74) is 9.21. The number of halogens is 1. The summed E-state index contributed by atoms with van der Waals surface area (Å²) in [7, 11) is 3.04. The number of carbonyl (C=O) groups is 4. The average molecular weight is 746 g/mol. The lowest BCUT2D eigenvalue weighted by molar-refractivity contribution is -0.146. The van der Waals surface area contributed by atoms with Gasteiger partial charge in [-0.3, -0.25) is 33.8 Å². The van der Waals surface area contributed by atoms with E-state index in [1.54, 1.807) is 28.9 Å². The maximum Gasteiger partial charge on any atom is 0.323 e. The normalized spacial score (nSPS) is 23.4. The summed E-state index contributed by atoms with van der Waals surface area (Å²) in [6, 6.07) is 5.79. The second kappa shape index (κ2) is 13.9. The number of nitrogens with one attached hydrogen (secondary N) is 1. The third-order valence-corrected chi connectivity index (χ3v) is 10.5. The van der Waals surface area contributed by atoms with Crippen molar-refractivity contribution in [2.24, 2.45) is 16.1 Å². The van der Waals surface area contributed by atoms with Crippen LogP contribution in [0.3, 0.4) is 0 Å². The van der Waals surface area contributed by atoms with Crippen LogP contribution in [0.4, 0.5) is 5.82 Å². The second-order valence-corrected chi connectivity index (χ2v) is 14.1. The number of ketones is 1. The van der Waals surface area contributed by atoms with E-state index in [-0.39, 0.29) is 41.8 Å². The summed E-state index contributed by atoms with van der Waals surface area (Å²) in [5, 5.41) is 8.20. The summed E-state index contributed by atoms with van der Waals surface area (Å²) in [5.74, 6) is -0.811. The molecule has 14 heteroatoms. The number of methoxy groups -OCH3 is 1. The number of hydrogen-bond donors (Lipinski definition) is 2. The fourth-order valence-corrected chi connectivity index (χ4v) is 7.99. The minimum atomic E-state index is -0.839. The number of aliphatic imine (C=N–C) groups is 1. The van der Waals surface area contributed by atoms with Crippen molar-refractivity contribution in [1.82, 2.24) is 24.6 Å². The van der Waals surface area contributed by atoms with Gasteiger partial charge in [-0.05, 0) is 90.5 Å². The Bertz CT molecular complexity index is 1990. The summed E-state index contributed by atoms with van der Waals surface area (Å²) in [6.45, 7) is 6.19. The van der Waals surface area contributed by atoms with Crippen LogP contribution in [-0.2, 0) is 25.7 Å². The Balaban J connectivity index is 1.36. The summed E-state index contributed by atoms with van der Waals surface area (Å²) < 4.78 is 7.22. The number of Topliss-reactive ketones (excluding diaryl/α,β-unsaturated/α-hetero) is 1. The number of esters is 1. The number of pyridine rings is 1. The molecule has 0 radical (unpaired) electrons. The zero-order chi connectivity index (χ0) is 35.9. The Hall–Kier alpha value is -4.69. The first kappa shape index (κ1) is 35.1. The van der Waals surface area contributed by atoms with E-state index in [1.807, 2.05) is 38.1 Å². The molecule has 1 aliphatic carbocycles. The maximum absolute atomic E-state index is 14.5. The lowest BCUT2D eigenvalue weighted by atomic mass is 9.70. The average Bonchev–Trinajstić information content (AvgIpc) is 3.75. The molecule has 0 saturated carbocycles. The van der Waals surface area contributed by atoms with Crippen molar-refractivity contribution in [1.29, 1.82) is 0 Å². The molecule has 0 unspecified atom stereocenters. The van der Waals surface area contributed by atoms with Crippen LogP contribution in [0.2, 0.25) is 0 Å². The zero-order valence-electron chi connectivity index (χ0n) is 28.8. The monoisotopic (exact) mass is 744 g/mol. The van der Waals surface area contributed by atoms with E-state index < -0.39 is 17.5 Å². The van der Waals surface area contributed by atoms with Crippen LogP contribution in [-0.4, -0.2) is 99.7 Å². The van der Waals surface area contributed by atoms with Crippen molar-refractivity contribution in [3.05, 3.63) is 69.6 Å². The van der Waals surface area contributed by atoms with Gasteiger partial charge in [0.05, 0.1) is 18.7 Å². The van der Waals surface area contributed by atoms with Crippen molar-refractivity contribution in [3.63, 3.8) is 0 Å². The molecule has 262 valence electrons. The SMILES string of the molecule is CN=C/C(=C\N)c1cc(C)c2c(c1)c(C(C)=O)nn2CC(=O)N1[C@H](C(=O)Nc2nc(Br)ccc2C)C[C@@]2(CN3CCC[C@H]3C(=O)OC)C=C[C@@H]12. The molecular formula is C36H41BrN8O5. The van der Waals surface area contributed by atoms with Gasteiger partial charge in [0.25, 0.3) is 0 Å². The Labute approximate surface area is 298 Å². The molecule has 1 aromatic carbocycles. The number of ether oxygens (including phenoxy) is 1. The molecule has 0 bridgehead atoms. The van der Waals surface area contributed by atoms with Gasteiger partial charge in [-0.1, -0.05) is 18.2 Å². The first-order chi connectivity index (χ1) is 23.9. The molecule has 4 heterocycles. The molecule has 3 aromatic rings. The predicted octanol–water partition coefficient (Wildman–Crippen LogP) is 3.82. The molecule has 13 nitrogen and oxygen atoms in total. The van der Waals surface area contributed by atoms with Gasteiger partial charge >= 0.3 is 5.97 Å². The van der Waals surface area contributed by atoms with E-state index in [4.69, 9.17) is 10.5 Å². The van der Waals surface area contributed by atoms with Crippen LogP contribution >= 0.6 is 15.9 Å². The maximum atomic E-state index is 14.5. The number of fused-ring (bicyclic) bond motifs is 2. The Morgan fingerprint density at radius 3 is 2.62 bits per heavy atom. The van der Waals surface area contributed by atoms with Gasteiger partial charge in [-0.2, -0.15) is 5.10 Å². The topological polar surface area (TPSA) is 165 Å². The van der Waals surface area contributed by atoms with E-state index in [9.17, 15) is 19.2 Å². The van der Waals surface area contributed by atoms with Crippen molar-refractivity contribution >= 4 is 68.0 Å². The minimum absolute atomic E-state index is 0.202. The molecule has 2 aromatic heterocycles. The molecule has 2 amide bonds. The van der Waals surface area contributed by atoms with E-state index in [1.165, 1.54) is 20.2 Å². The van der Waals surface area contributed by atoms with Crippen molar-refractivity contribution in [2.45, 2.75) is 64.7 Å². The number of carbonyl (C=O) groups excluding carboxylic acids is 4. The van der Waals surface area contributed by atoms with Crippen molar-refractivity contribution < 1.29 is 23.9 Å². The largest absolute Gasteiger partial charge is 0.468 e. The molecule has 3 N–H and O–H groups in total. The number of anilines is 1. The fraction of sp³-hybridized carbons (Fsp3) is 0.417. The second-order valence-electron chi connectivity index (χ2n) is 13.3. The number of aromatic nitrogens is 3. The number of benzene rings is 1. The summed E-state index contributed by atoms with van der Waals surface area (Å²) in [6.07, 6.45) is 9.00. The molecule has 2 aliphatic heterocycles. The minimum Gasteiger partial charge on any atom is -0.468 e. The van der Waals surface area contributed by atoms with Gasteiger partial charge < -0.3 is 20.7 Å². The van der Waals surface area contributed by atoms with Gasteiger partial charge in [0, 0.05) is 49.3 Å². The predicted molar refractivity (Wildman–Crippen MR) is 194 cm³/mol. The Kier molecular flexibility index (Phi) is 9.78. The Morgan fingerprint density at radius 1 is 1.18 bits per heavy atom. The quantitative estimate of drug-likeness (QED) is 0.103. The number of amides is 2. The van der Waals surface area contributed by atoms with Crippen LogP contribution in [0.25, 0.3) is 16.5 Å². The third kappa shape index (κ3) is 6.26. The Morgan fingerprint density at radius 2 is 1.96 bits per heavy atom. The summed E-state index contributed by atoms with van der Waals surface area (Å²) in [4.78, 5) is 66.4. The molecule has 2 fully saturated rings. The smallest absolute Gasteiger partial charge is 0.323 e. The number of hydrogen-bond acceptors (Lipinski definition) is 10. The zero-order valence-corrected chi connectivity index (χ0v) is 30.4. The number of aryl methyl sites for hydroxylation is 2. The fourth-order valence-electron chi connectivity index (χ4n) is 7.68. The first-order valence-corrected chi connectivity index (χ1v) is 17.3. The molecule has 2 saturated heterocycles. The lowest BCUT2D eigenvalue weighted by Crippen LogP contribution is -2.54. The van der Waals surface area contributed by atoms with Gasteiger partial charge in [0.2, 0.25) is 11.8 Å². The standard InChI is InChI=1S/C36H41BrN8O5/c1-20-8-9-29(37)40-33(20)41-34(48)27-15-36(19-43-12-6-7-26(43)35(49)50-5)11-10-28(36)45(27)30(47)18-44-32-21(2)13-23(24(16-38)17-39-4)14-25(32)31(42-44)22(3)46/h8-11,13-14,16-17,26-28H,6-7,12,15,18-19,38H2,1-5H3,(H,40,41,48)/b24-16+,39-17?/t26-,27-,28+,36+/m0/s1. The number of nitrogens with two attached hydrogens (primary N) is 1. The number of nitrogens with zero attached hydrogens (tertiary/aromatic N) is 6. The van der Waals surface area contributed by atoms with E-state index >= 15 is 0 Å². The highest BCUT2D eigenvalue weighted by Crippen LogP contribution is 2.50. The highest BCUT2D eigenvalue weighted by atomic mass is 79.9. The van der Waals surface area contributed by atoms with Crippen LogP contribution in [0, 0.1) is 19.3 Å². The van der Waals surface area contributed by atoms with Gasteiger partial charge in [-0.15, -0.1) is 0 Å². The lowest BCUT2D eigenvalue weighted by Gasteiger charge is -2.43. The number of rotatable bonds is 10. The molecule has 4 atom stereocenters.